The van der Waals surface area contributed by atoms with E-state index in [1.54, 1.807) is 0 Å². The van der Waals surface area contributed by atoms with E-state index in [1.165, 1.54) is 16.7 Å². The van der Waals surface area contributed by atoms with E-state index in [1.807, 2.05) is 26.0 Å². The lowest BCUT2D eigenvalue weighted by molar-refractivity contribution is 0.0784. The molecule has 0 atom stereocenters. The molecule has 0 aliphatic rings. The maximum Gasteiger partial charge on any atom is 0.0840 e. The summed E-state index contributed by atoms with van der Waals surface area (Å²) in [6.07, 6.45) is 0. The minimum Gasteiger partial charge on any atom is -0.386 e. The molecular weight excluding hydrogens is 294 g/mol. The summed E-state index contributed by atoms with van der Waals surface area (Å²) in [6.45, 7) is 12.2. The van der Waals surface area contributed by atoms with Gasteiger partial charge in [0.15, 0.2) is 0 Å². The highest BCUT2D eigenvalue weighted by atomic mass is 16.3. The van der Waals surface area contributed by atoms with Gasteiger partial charge in [0.25, 0.3) is 0 Å². The van der Waals surface area contributed by atoms with Gasteiger partial charge in [0.2, 0.25) is 0 Å². The molecule has 2 nitrogen and oxygen atoms in total. The Hall–Kier alpha value is -1.64. The molecule has 130 valence electrons. The van der Waals surface area contributed by atoms with E-state index < -0.39 is 5.60 Å². The number of nitrogens with zero attached hydrogens (tertiary/aromatic N) is 1. The van der Waals surface area contributed by atoms with Crippen molar-refractivity contribution in [3.63, 3.8) is 0 Å². The summed E-state index contributed by atoms with van der Waals surface area (Å²) >= 11 is 0. The van der Waals surface area contributed by atoms with Gasteiger partial charge in [-0.25, -0.2) is 0 Å². The van der Waals surface area contributed by atoms with Gasteiger partial charge < -0.3 is 5.11 Å². The van der Waals surface area contributed by atoms with Crippen LogP contribution in [0.5, 0.6) is 0 Å². The molecule has 0 amide bonds. The average Bonchev–Trinajstić information content (AvgIpc) is 2.46. The Morgan fingerprint density at radius 3 is 1.92 bits per heavy atom. The van der Waals surface area contributed by atoms with Crippen LogP contribution in [-0.4, -0.2) is 17.1 Å². The molecule has 2 heteroatoms. The highest BCUT2D eigenvalue weighted by Gasteiger charge is 2.16. The highest BCUT2D eigenvalue weighted by molar-refractivity contribution is 5.29. The van der Waals surface area contributed by atoms with Gasteiger partial charge in [-0.3, -0.25) is 4.90 Å². The molecule has 0 aliphatic heterocycles. The Morgan fingerprint density at radius 2 is 1.38 bits per heavy atom. The third kappa shape index (κ3) is 5.19. The third-order valence-electron chi connectivity index (χ3n) is 4.36. The summed E-state index contributed by atoms with van der Waals surface area (Å²) in [5.74, 6) is 0. The van der Waals surface area contributed by atoms with Crippen molar-refractivity contribution >= 4 is 0 Å². The van der Waals surface area contributed by atoms with Crippen molar-refractivity contribution in [3.8, 4) is 0 Å². The second kappa shape index (κ2) is 7.08. The Labute approximate surface area is 147 Å². The molecule has 0 aliphatic carbocycles. The molecule has 0 spiro atoms. The molecule has 2 aromatic rings. The minimum absolute atomic E-state index is 0.196. The highest BCUT2D eigenvalue weighted by Crippen LogP contribution is 2.23. The topological polar surface area (TPSA) is 23.5 Å². The molecule has 0 unspecified atom stereocenters. The zero-order chi connectivity index (χ0) is 18.0. The molecule has 2 rings (SSSR count). The van der Waals surface area contributed by atoms with Crippen LogP contribution in [0.25, 0.3) is 0 Å². The van der Waals surface area contributed by atoms with Gasteiger partial charge in [-0.2, -0.15) is 0 Å². The standard InChI is InChI=1S/C22H31NO/c1-21(2,3)19-12-10-17(11-13-19)15-23(6)16-18-8-7-9-20(14-18)22(4,5)24/h7-14,24H,15-16H2,1-6H3. The fourth-order valence-corrected chi connectivity index (χ4v) is 2.84. The molecular formula is C22H31NO. The largest absolute Gasteiger partial charge is 0.386 e. The minimum atomic E-state index is -0.794. The zero-order valence-corrected chi connectivity index (χ0v) is 15.9. The van der Waals surface area contributed by atoms with Gasteiger partial charge in [0.1, 0.15) is 0 Å². The van der Waals surface area contributed by atoms with Crippen molar-refractivity contribution < 1.29 is 5.11 Å². The van der Waals surface area contributed by atoms with Crippen LogP contribution >= 0.6 is 0 Å². The number of benzene rings is 2. The molecule has 0 radical (unpaired) electrons. The van der Waals surface area contributed by atoms with Crippen molar-refractivity contribution in [1.29, 1.82) is 0 Å². The molecule has 2 aromatic carbocycles. The van der Waals surface area contributed by atoms with Crippen LogP contribution in [-0.2, 0) is 24.1 Å². The number of aliphatic hydroxyl groups is 1. The molecule has 0 aromatic heterocycles. The van der Waals surface area contributed by atoms with Crippen molar-refractivity contribution in [2.24, 2.45) is 0 Å². The number of hydrogen-bond donors (Lipinski definition) is 1. The first kappa shape index (κ1) is 18.7. The van der Waals surface area contributed by atoms with Gasteiger partial charge in [-0.1, -0.05) is 69.3 Å². The van der Waals surface area contributed by atoms with Gasteiger partial charge >= 0.3 is 0 Å². The maximum atomic E-state index is 10.2. The summed E-state index contributed by atoms with van der Waals surface area (Å²) < 4.78 is 0. The maximum absolute atomic E-state index is 10.2. The second-order valence-electron chi connectivity index (χ2n) is 8.38. The van der Waals surface area contributed by atoms with E-state index in [-0.39, 0.29) is 5.41 Å². The lowest BCUT2D eigenvalue weighted by Crippen LogP contribution is -2.19. The van der Waals surface area contributed by atoms with Crippen LogP contribution in [0.2, 0.25) is 0 Å². The predicted octanol–water partition coefficient (Wildman–Crippen LogP) is 4.84. The molecule has 0 bridgehead atoms. The zero-order valence-electron chi connectivity index (χ0n) is 15.9. The fourth-order valence-electron chi connectivity index (χ4n) is 2.84. The monoisotopic (exact) mass is 325 g/mol. The Bertz CT molecular complexity index is 660. The SMILES string of the molecule is CN(Cc1ccc(C(C)(C)C)cc1)Cc1cccc(C(C)(C)O)c1. The van der Waals surface area contributed by atoms with Gasteiger partial charge in [0, 0.05) is 13.1 Å². The van der Waals surface area contributed by atoms with Crippen LogP contribution in [0, 0.1) is 0 Å². The van der Waals surface area contributed by atoms with Gasteiger partial charge in [-0.15, -0.1) is 0 Å². The molecule has 0 saturated carbocycles. The Balaban J connectivity index is 2.02. The average molecular weight is 325 g/mol. The van der Waals surface area contributed by atoms with E-state index in [0.717, 1.165) is 18.7 Å². The normalized spacial score (nSPS) is 12.7. The third-order valence-corrected chi connectivity index (χ3v) is 4.36. The Morgan fingerprint density at radius 1 is 0.792 bits per heavy atom. The molecule has 1 N–H and O–H groups in total. The van der Waals surface area contributed by atoms with Gasteiger partial charge in [0.05, 0.1) is 5.60 Å². The van der Waals surface area contributed by atoms with Crippen molar-refractivity contribution in [1.82, 2.24) is 4.90 Å². The summed E-state index contributed by atoms with van der Waals surface area (Å²) in [4.78, 5) is 2.30. The van der Waals surface area contributed by atoms with E-state index in [0.29, 0.717) is 0 Å². The second-order valence-corrected chi connectivity index (χ2v) is 8.38. The van der Waals surface area contributed by atoms with Crippen LogP contribution in [0.15, 0.2) is 48.5 Å². The van der Waals surface area contributed by atoms with Crippen LogP contribution in [0.4, 0.5) is 0 Å². The van der Waals surface area contributed by atoms with E-state index in [4.69, 9.17) is 0 Å². The van der Waals surface area contributed by atoms with Crippen LogP contribution in [0.1, 0.15) is 56.9 Å². The first-order valence-corrected chi connectivity index (χ1v) is 8.65. The lowest BCUT2D eigenvalue weighted by atomic mass is 9.87. The summed E-state index contributed by atoms with van der Waals surface area (Å²) in [6, 6.07) is 17.1. The summed E-state index contributed by atoms with van der Waals surface area (Å²) in [5, 5.41) is 10.2. The molecule has 0 saturated heterocycles. The van der Waals surface area contributed by atoms with E-state index >= 15 is 0 Å². The van der Waals surface area contributed by atoms with Crippen molar-refractivity contribution in [2.45, 2.75) is 58.7 Å². The van der Waals surface area contributed by atoms with E-state index in [9.17, 15) is 5.11 Å². The smallest absolute Gasteiger partial charge is 0.0840 e. The quantitative estimate of drug-likeness (QED) is 0.850. The first-order chi connectivity index (χ1) is 11.1. The van der Waals surface area contributed by atoms with Crippen LogP contribution in [0.3, 0.4) is 0 Å². The fraction of sp³-hybridized carbons (Fsp3) is 0.455. The number of hydrogen-bond acceptors (Lipinski definition) is 2. The first-order valence-electron chi connectivity index (χ1n) is 8.65. The number of rotatable bonds is 5. The molecule has 24 heavy (non-hydrogen) atoms. The molecule has 0 heterocycles. The Kier molecular flexibility index (Phi) is 5.52. The summed E-state index contributed by atoms with van der Waals surface area (Å²) in [7, 11) is 2.13. The van der Waals surface area contributed by atoms with E-state index in [2.05, 4.69) is 69.1 Å². The summed E-state index contributed by atoms with van der Waals surface area (Å²) in [5.41, 5.74) is 4.28. The van der Waals surface area contributed by atoms with Crippen LogP contribution < -0.4 is 0 Å². The predicted molar refractivity (Wildman–Crippen MR) is 102 cm³/mol. The van der Waals surface area contributed by atoms with Gasteiger partial charge in [-0.05, 0) is 48.6 Å². The van der Waals surface area contributed by atoms with Crippen molar-refractivity contribution in [2.75, 3.05) is 7.05 Å². The lowest BCUT2D eigenvalue weighted by Gasteiger charge is -2.22. The molecule has 0 fully saturated rings. The van der Waals surface area contributed by atoms with Crippen molar-refractivity contribution in [3.05, 3.63) is 70.8 Å².